The average Bonchev–Trinajstić information content (AvgIpc) is 2.88. The lowest BCUT2D eigenvalue weighted by molar-refractivity contribution is -0.123. The van der Waals surface area contributed by atoms with Gasteiger partial charge in [-0.15, -0.1) is 0 Å². The second kappa shape index (κ2) is 9.72. The maximum atomic E-state index is 13.6. The molecule has 1 atom stereocenters. The van der Waals surface area contributed by atoms with Crippen LogP contribution in [-0.2, 0) is 9.59 Å². The minimum Gasteiger partial charge on any atom is -0.358 e. The van der Waals surface area contributed by atoms with E-state index in [-0.39, 0.29) is 30.3 Å². The van der Waals surface area contributed by atoms with Gasteiger partial charge in [0.05, 0.1) is 11.4 Å². The Bertz CT molecular complexity index is 1150. The zero-order valence-electron chi connectivity index (χ0n) is 20.7. The Labute approximate surface area is 207 Å². The van der Waals surface area contributed by atoms with Crippen molar-refractivity contribution in [1.29, 1.82) is 0 Å². The fourth-order valence-corrected chi connectivity index (χ4v) is 5.50. The molecule has 7 nitrogen and oxygen atoms in total. The molecule has 7 heteroatoms. The molecule has 1 N–H and O–H groups in total. The molecule has 2 saturated heterocycles. The molecule has 184 valence electrons. The molecule has 0 spiro atoms. The van der Waals surface area contributed by atoms with E-state index in [4.69, 9.17) is 0 Å². The first-order valence-electron chi connectivity index (χ1n) is 12.8. The SMILES string of the molecule is Cc1ccc(NC(=O)CN2C(=O)[C@@H]3CCCCN3c3ccc(C(=O)N4CCCCC4)cc32)cc1C. The number of carbonyl (C=O) groups is 3. The molecular weight excluding hydrogens is 440 g/mol. The number of fused-ring (bicyclic) bond motifs is 3. The van der Waals surface area contributed by atoms with Gasteiger partial charge in [-0.3, -0.25) is 19.3 Å². The summed E-state index contributed by atoms with van der Waals surface area (Å²) < 4.78 is 0. The standard InChI is InChI=1S/C28H34N4O3/c1-19-9-11-22(16-20(19)2)29-26(33)18-32-25-17-21(27(34)30-13-5-3-6-14-30)10-12-23(25)31-15-7-4-8-24(31)28(32)35/h9-12,16-17,24H,3-8,13-15,18H2,1-2H3,(H,29,33)/t24-/m0/s1. The predicted molar refractivity (Wildman–Crippen MR) is 138 cm³/mol. The normalized spacial score (nSPS) is 19.8. The number of likely N-dealkylation sites (tertiary alicyclic amines) is 1. The van der Waals surface area contributed by atoms with E-state index in [1.807, 2.05) is 55.1 Å². The summed E-state index contributed by atoms with van der Waals surface area (Å²) in [5, 5.41) is 2.95. The number of nitrogens with zero attached hydrogens (tertiary/aromatic N) is 3. The van der Waals surface area contributed by atoms with Crippen molar-refractivity contribution >= 4 is 34.8 Å². The maximum Gasteiger partial charge on any atom is 0.253 e. The summed E-state index contributed by atoms with van der Waals surface area (Å²) in [6, 6.07) is 11.2. The van der Waals surface area contributed by atoms with Crippen LogP contribution in [0.2, 0.25) is 0 Å². The molecule has 5 rings (SSSR count). The van der Waals surface area contributed by atoms with Crippen LogP contribution in [0.5, 0.6) is 0 Å². The summed E-state index contributed by atoms with van der Waals surface area (Å²) in [5.41, 5.74) is 5.15. The first kappa shape index (κ1) is 23.4. The second-order valence-electron chi connectivity index (χ2n) is 10.0. The Balaban J connectivity index is 1.44. The maximum absolute atomic E-state index is 13.6. The molecule has 2 fully saturated rings. The Morgan fingerprint density at radius 2 is 1.66 bits per heavy atom. The van der Waals surface area contributed by atoms with Gasteiger partial charge >= 0.3 is 0 Å². The van der Waals surface area contributed by atoms with Crippen molar-refractivity contribution in [2.24, 2.45) is 0 Å². The number of amides is 3. The minimum absolute atomic E-state index is 0.000230. The number of benzene rings is 2. The topological polar surface area (TPSA) is 73.0 Å². The van der Waals surface area contributed by atoms with Gasteiger partial charge in [0.2, 0.25) is 11.8 Å². The second-order valence-corrected chi connectivity index (χ2v) is 10.0. The molecule has 3 amide bonds. The van der Waals surface area contributed by atoms with Gasteiger partial charge in [-0.2, -0.15) is 0 Å². The summed E-state index contributed by atoms with van der Waals surface area (Å²) >= 11 is 0. The lowest BCUT2D eigenvalue weighted by Gasteiger charge is -2.45. The molecule has 3 aliphatic rings. The van der Waals surface area contributed by atoms with Gasteiger partial charge in [0, 0.05) is 30.9 Å². The summed E-state index contributed by atoms with van der Waals surface area (Å²) in [6.07, 6.45) is 6.01. The zero-order chi connectivity index (χ0) is 24.5. The molecule has 2 aromatic carbocycles. The third-order valence-corrected chi connectivity index (χ3v) is 7.61. The molecule has 0 bridgehead atoms. The predicted octanol–water partition coefficient (Wildman–Crippen LogP) is 4.27. The van der Waals surface area contributed by atoms with E-state index in [2.05, 4.69) is 10.2 Å². The van der Waals surface area contributed by atoms with E-state index < -0.39 is 0 Å². The van der Waals surface area contributed by atoms with Gasteiger partial charge in [0.1, 0.15) is 12.6 Å². The van der Waals surface area contributed by atoms with Crippen molar-refractivity contribution in [2.45, 2.75) is 58.4 Å². The number of carbonyl (C=O) groups excluding carboxylic acids is 3. The van der Waals surface area contributed by atoms with Crippen molar-refractivity contribution in [3.8, 4) is 0 Å². The zero-order valence-corrected chi connectivity index (χ0v) is 20.7. The highest BCUT2D eigenvalue weighted by Crippen LogP contribution is 2.40. The van der Waals surface area contributed by atoms with Gasteiger partial charge in [-0.1, -0.05) is 6.07 Å². The van der Waals surface area contributed by atoms with Crippen LogP contribution in [0.4, 0.5) is 17.1 Å². The van der Waals surface area contributed by atoms with Crippen LogP contribution < -0.4 is 15.1 Å². The molecule has 3 heterocycles. The Morgan fingerprint density at radius 1 is 0.886 bits per heavy atom. The van der Waals surface area contributed by atoms with Crippen LogP contribution in [0.25, 0.3) is 0 Å². The van der Waals surface area contributed by atoms with Crippen molar-refractivity contribution in [1.82, 2.24) is 4.90 Å². The Kier molecular flexibility index (Phi) is 6.50. The fourth-order valence-electron chi connectivity index (χ4n) is 5.50. The van der Waals surface area contributed by atoms with Crippen LogP contribution in [0.1, 0.15) is 60.0 Å². The lowest BCUT2D eigenvalue weighted by atomic mass is 9.95. The molecule has 0 saturated carbocycles. The fraction of sp³-hybridized carbons (Fsp3) is 0.464. The highest BCUT2D eigenvalue weighted by molar-refractivity contribution is 6.11. The number of hydrogen-bond donors (Lipinski definition) is 1. The van der Waals surface area contributed by atoms with E-state index in [9.17, 15) is 14.4 Å². The number of anilines is 3. The molecule has 3 aliphatic heterocycles. The van der Waals surface area contributed by atoms with Crippen molar-refractivity contribution in [3.63, 3.8) is 0 Å². The largest absolute Gasteiger partial charge is 0.358 e. The molecular formula is C28H34N4O3. The monoisotopic (exact) mass is 474 g/mol. The van der Waals surface area contributed by atoms with E-state index in [1.54, 1.807) is 4.90 Å². The average molecular weight is 475 g/mol. The van der Waals surface area contributed by atoms with Gasteiger partial charge in [-0.25, -0.2) is 0 Å². The number of nitrogens with one attached hydrogen (secondary N) is 1. The van der Waals surface area contributed by atoms with E-state index in [0.717, 1.165) is 80.7 Å². The third kappa shape index (κ3) is 4.64. The molecule has 0 unspecified atom stereocenters. The van der Waals surface area contributed by atoms with Crippen LogP contribution in [0.3, 0.4) is 0 Å². The van der Waals surface area contributed by atoms with Gasteiger partial charge in [-0.05, 0) is 93.8 Å². The number of hydrogen-bond acceptors (Lipinski definition) is 4. The summed E-state index contributed by atoms with van der Waals surface area (Å²) in [5.74, 6) is -0.306. The smallest absolute Gasteiger partial charge is 0.253 e. The number of rotatable bonds is 4. The lowest BCUT2D eigenvalue weighted by Crippen LogP contribution is -2.56. The van der Waals surface area contributed by atoms with Gasteiger partial charge in [0.15, 0.2) is 0 Å². The van der Waals surface area contributed by atoms with E-state index in [1.165, 1.54) is 0 Å². The Hall–Kier alpha value is -3.35. The van der Waals surface area contributed by atoms with Gasteiger partial charge in [0.25, 0.3) is 5.91 Å². The molecule has 35 heavy (non-hydrogen) atoms. The molecule has 0 aromatic heterocycles. The van der Waals surface area contributed by atoms with Crippen LogP contribution in [-0.4, -0.2) is 54.8 Å². The highest BCUT2D eigenvalue weighted by Gasteiger charge is 2.40. The minimum atomic E-state index is -0.255. The van der Waals surface area contributed by atoms with Crippen LogP contribution in [0.15, 0.2) is 36.4 Å². The van der Waals surface area contributed by atoms with E-state index in [0.29, 0.717) is 11.3 Å². The first-order chi connectivity index (χ1) is 16.9. The Morgan fingerprint density at radius 3 is 2.43 bits per heavy atom. The molecule has 0 aliphatic carbocycles. The van der Waals surface area contributed by atoms with E-state index >= 15 is 0 Å². The van der Waals surface area contributed by atoms with Crippen molar-refractivity contribution < 1.29 is 14.4 Å². The third-order valence-electron chi connectivity index (χ3n) is 7.61. The van der Waals surface area contributed by atoms with Gasteiger partial charge < -0.3 is 15.1 Å². The first-order valence-corrected chi connectivity index (χ1v) is 12.8. The number of piperidine rings is 2. The van der Waals surface area contributed by atoms with Crippen LogP contribution >= 0.6 is 0 Å². The number of aryl methyl sites for hydroxylation is 2. The van der Waals surface area contributed by atoms with Crippen molar-refractivity contribution in [2.75, 3.05) is 41.3 Å². The summed E-state index contributed by atoms with van der Waals surface area (Å²) in [4.78, 5) is 45.5. The van der Waals surface area contributed by atoms with Crippen molar-refractivity contribution in [3.05, 3.63) is 53.1 Å². The summed E-state index contributed by atoms with van der Waals surface area (Å²) in [6.45, 7) is 6.31. The quantitative estimate of drug-likeness (QED) is 0.718. The summed E-state index contributed by atoms with van der Waals surface area (Å²) in [7, 11) is 0. The highest BCUT2D eigenvalue weighted by atomic mass is 16.2. The van der Waals surface area contributed by atoms with Crippen LogP contribution in [0, 0.1) is 13.8 Å². The molecule has 2 aromatic rings. The molecule has 0 radical (unpaired) electrons.